The molecule has 1 fully saturated rings. The van der Waals surface area contributed by atoms with Crippen LogP contribution in [0, 0.1) is 18.3 Å². The van der Waals surface area contributed by atoms with Gasteiger partial charge in [0.2, 0.25) is 10.0 Å². The van der Waals surface area contributed by atoms with E-state index in [0.29, 0.717) is 19.0 Å². The average Bonchev–Trinajstić information content (AvgIpc) is 3.22. The Morgan fingerprint density at radius 1 is 1.35 bits per heavy atom. The fourth-order valence-corrected chi connectivity index (χ4v) is 3.61. The minimum Gasteiger partial charge on any atom is -0.326 e. The van der Waals surface area contributed by atoms with Crippen molar-refractivity contribution >= 4 is 10.0 Å². The van der Waals surface area contributed by atoms with E-state index in [-0.39, 0.29) is 12.3 Å². The molecule has 1 aromatic carbocycles. The first-order valence-corrected chi connectivity index (χ1v) is 8.35. The van der Waals surface area contributed by atoms with Crippen LogP contribution in [0.2, 0.25) is 0 Å². The molecule has 1 saturated carbocycles. The highest BCUT2D eigenvalue weighted by Crippen LogP contribution is 2.30. The molecule has 0 saturated heterocycles. The molecule has 0 amide bonds. The predicted molar refractivity (Wildman–Crippen MR) is 80.1 cm³/mol. The van der Waals surface area contributed by atoms with Crippen LogP contribution in [-0.2, 0) is 22.3 Å². The molecule has 0 heterocycles. The van der Waals surface area contributed by atoms with Crippen LogP contribution in [0.3, 0.4) is 0 Å². The molecule has 0 atom stereocenters. The highest BCUT2D eigenvalue weighted by atomic mass is 32.2. The van der Waals surface area contributed by atoms with Crippen molar-refractivity contribution in [2.24, 2.45) is 11.7 Å². The third-order valence-electron chi connectivity index (χ3n) is 3.40. The number of nitrogens with zero attached hydrogens (tertiary/aromatic N) is 1. The van der Waals surface area contributed by atoms with E-state index in [1.54, 1.807) is 0 Å². The van der Waals surface area contributed by atoms with Crippen molar-refractivity contribution in [3.63, 3.8) is 0 Å². The van der Waals surface area contributed by atoms with Gasteiger partial charge in [0.1, 0.15) is 0 Å². The van der Waals surface area contributed by atoms with Gasteiger partial charge in [-0.2, -0.15) is 4.31 Å². The zero-order valence-electron chi connectivity index (χ0n) is 11.5. The Balaban J connectivity index is 2.12. The Bertz CT molecular complexity index is 601. The maximum absolute atomic E-state index is 12.5. The Kier molecular flexibility index (Phi) is 4.81. The second-order valence-corrected chi connectivity index (χ2v) is 7.19. The Hall–Kier alpha value is -1.35. The fourth-order valence-electron chi connectivity index (χ4n) is 2.12. The molecular formula is C15H20N2O2S. The maximum Gasteiger partial charge on any atom is 0.219 e. The van der Waals surface area contributed by atoms with Gasteiger partial charge in [-0.05, 0) is 29.9 Å². The van der Waals surface area contributed by atoms with Crippen molar-refractivity contribution in [1.82, 2.24) is 4.31 Å². The highest BCUT2D eigenvalue weighted by Gasteiger charge is 2.30. The molecule has 0 aliphatic heterocycles. The molecule has 2 N–H and O–H groups in total. The lowest BCUT2D eigenvalue weighted by Gasteiger charge is -2.19. The molecule has 0 bridgehead atoms. The number of rotatable bonds is 7. The van der Waals surface area contributed by atoms with Gasteiger partial charge in [-0.1, -0.05) is 30.2 Å². The first-order chi connectivity index (χ1) is 9.55. The second kappa shape index (κ2) is 6.40. The number of sulfonamides is 1. The summed E-state index contributed by atoms with van der Waals surface area (Å²) >= 11 is 0. The Morgan fingerprint density at radius 2 is 2.05 bits per heavy atom. The average molecular weight is 292 g/mol. The van der Waals surface area contributed by atoms with E-state index in [2.05, 4.69) is 5.92 Å². The first-order valence-electron chi connectivity index (χ1n) is 6.74. The standard InChI is InChI=1S/C15H20N2O2S/c1-2-8-17(11-13-6-7-13)20(18,19)12-15-5-3-4-14(9-15)10-16/h1,3-5,9,13H,6-8,10-12,16H2. The number of hydrogen-bond donors (Lipinski definition) is 1. The van der Waals surface area contributed by atoms with Crippen LogP contribution in [0.4, 0.5) is 0 Å². The molecule has 0 aromatic heterocycles. The van der Waals surface area contributed by atoms with Crippen LogP contribution in [0.25, 0.3) is 0 Å². The molecule has 108 valence electrons. The van der Waals surface area contributed by atoms with Crippen molar-refractivity contribution in [2.75, 3.05) is 13.1 Å². The smallest absolute Gasteiger partial charge is 0.219 e. The molecule has 2 rings (SSSR count). The van der Waals surface area contributed by atoms with E-state index in [9.17, 15) is 8.42 Å². The van der Waals surface area contributed by atoms with Gasteiger partial charge in [0.25, 0.3) is 0 Å². The van der Waals surface area contributed by atoms with Crippen LogP contribution in [0.1, 0.15) is 24.0 Å². The van der Waals surface area contributed by atoms with E-state index in [4.69, 9.17) is 12.2 Å². The highest BCUT2D eigenvalue weighted by molar-refractivity contribution is 7.88. The number of benzene rings is 1. The molecule has 20 heavy (non-hydrogen) atoms. The lowest BCUT2D eigenvalue weighted by Crippen LogP contribution is -2.34. The summed E-state index contributed by atoms with van der Waals surface area (Å²) in [4.78, 5) is 0. The van der Waals surface area contributed by atoms with E-state index < -0.39 is 10.0 Å². The fraction of sp³-hybridized carbons (Fsp3) is 0.467. The van der Waals surface area contributed by atoms with Crippen molar-refractivity contribution in [2.45, 2.75) is 25.1 Å². The molecule has 1 aliphatic rings. The van der Waals surface area contributed by atoms with Crippen LogP contribution in [0.5, 0.6) is 0 Å². The van der Waals surface area contributed by atoms with Gasteiger partial charge in [0.05, 0.1) is 12.3 Å². The maximum atomic E-state index is 12.5. The lowest BCUT2D eigenvalue weighted by molar-refractivity contribution is 0.429. The molecule has 1 aromatic rings. The predicted octanol–water partition coefficient (Wildman–Crippen LogP) is 1.32. The van der Waals surface area contributed by atoms with Crippen molar-refractivity contribution in [3.8, 4) is 12.3 Å². The minimum absolute atomic E-state index is 0.0186. The molecule has 5 heteroatoms. The zero-order chi connectivity index (χ0) is 14.6. The Labute approximate surface area is 121 Å². The zero-order valence-corrected chi connectivity index (χ0v) is 12.3. The molecule has 0 spiro atoms. The normalized spacial score (nSPS) is 15.2. The van der Waals surface area contributed by atoms with Crippen LogP contribution in [0.15, 0.2) is 24.3 Å². The lowest BCUT2D eigenvalue weighted by atomic mass is 10.1. The summed E-state index contributed by atoms with van der Waals surface area (Å²) in [6.07, 6.45) is 7.48. The van der Waals surface area contributed by atoms with E-state index in [1.807, 2.05) is 24.3 Å². The monoisotopic (exact) mass is 292 g/mol. The molecule has 1 aliphatic carbocycles. The molecule has 0 unspecified atom stereocenters. The first kappa shape index (κ1) is 15.0. The summed E-state index contributed by atoms with van der Waals surface area (Å²) in [5.41, 5.74) is 7.27. The summed E-state index contributed by atoms with van der Waals surface area (Å²) in [5, 5.41) is 0. The van der Waals surface area contributed by atoms with Gasteiger partial charge in [-0.3, -0.25) is 0 Å². The van der Waals surface area contributed by atoms with Crippen molar-refractivity contribution < 1.29 is 8.42 Å². The van der Waals surface area contributed by atoms with Gasteiger partial charge in [-0.25, -0.2) is 8.42 Å². The van der Waals surface area contributed by atoms with Gasteiger partial charge in [0.15, 0.2) is 0 Å². The molecular weight excluding hydrogens is 272 g/mol. The topological polar surface area (TPSA) is 63.4 Å². The van der Waals surface area contributed by atoms with Gasteiger partial charge >= 0.3 is 0 Å². The largest absolute Gasteiger partial charge is 0.326 e. The third kappa shape index (κ3) is 4.07. The summed E-state index contributed by atoms with van der Waals surface area (Å²) in [6, 6.07) is 7.36. The van der Waals surface area contributed by atoms with Crippen molar-refractivity contribution in [3.05, 3.63) is 35.4 Å². The van der Waals surface area contributed by atoms with E-state index in [0.717, 1.165) is 24.0 Å². The summed E-state index contributed by atoms with van der Waals surface area (Å²) in [5.74, 6) is 2.90. The van der Waals surface area contributed by atoms with Gasteiger partial charge < -0.3 is 5.73 Å². The number of nitrogens with two attached hydrogens (primary N) is 1. The third-order valence-corrected chi connectivity index (χ3v) is 5.16. The summed E-state index contributed by atoms with van der Waals surface area (Å²) in [6.45, 7) is 1.10. The van der Waals surface area contributed by atoms with Gasteiger partial charge in [0, 0.05) is 13.1 Å². The minimum atomic E-state index is -3.37. The summed E-state index contributed by atoms with van der Waals surface area (Å²) < 4.78 is 26.3. The second-order valence-electron chi connectivity index (χ2n) is 5.22. The van der Waals surface area contributed by atoms with E-state index in [1.165, 1.54) is 4.31 Å². The van der Waals surface area contributed by atoms with Crippen molar-refractivity contribution in [1.29, 1.82) is 0 Å². The SMILES string of the molecule is C#CCN(CC1CC1)S(=O)(=O)Cc1cccc(CN)c1. The van der Waals surface area contributed by atoms with Crippen LogP contribution in [-0.4, -0.2) is 25.8 Å². The molecule has 4 nitrogen and oxygen atoms in total. The quantitative estimate of drug-likeness (QED) is 0.771. The van der Waals surface area contributed by atoms with Crippen LogP contribution >= 0.6 is 0 Å². The molecule has 0 radical (unpaired) electrons. The summed E-state index contributed by atoms with van der Waals surface area (Å²) in [7, 11) is -3.37. The van der Waals surface area contributed by atoms with E-state index >= 15 is 0 Å². The number of terminal acetylenes is 1. The Morgan fingerprint density at radius 3 is 2.65 bits per heavy atom. The number of hydrogen-bond acceptors (Lipinski definition) is 3. The van der Waals surface area contributed by atoms with Crippen LogP contribution < -0.4 is 5.73 Å². The van der Waals surface area contributed by atoms with Gasteiger partial charge in [-0.15, -0.1) is 6.42 Å².